The number of carbonyl (C=O) groups is 1. The van der Waals surface area contributed by atoms with Crippen LogP contribution in [0.25, 0.3) is 0 Å². The lowest BCUT2D eigenvalue weighted by molar-refractivity contribution is -0.136. The van der Waals surface area contributed by atoms with Crippen LogP contribution < -0.4 is 5.32 Å². The number of hydrogen-bond donors (Lipinski definition) is 1. The van der Waals surface area contributed by atoms with Gasteiger partial charge in [0, 0.05) is 25.6 Å². The fourth-order valence-electron chi connectivity index (χ4n) is 2.72. The van der Waals surface area contributed by atoms with Crippen molar-refractivity contribution in [3.63, 3.8) is 0 Å². The highest BCUT2D eigenvalue weighted by Gasteiger charge is 2.24. The molecule has 0 radical (unpaired) electrons. The third-order valence-electron chi connectivity index (χ3n) is 3.90. The lowest BCUT2D eigenvalue weighted by Gasteiger charge is -2.32. The van der Waals surface area contributed by atoms with Crippen molar-refractivity contribution in [3.05, 3.63) is 0 Å². The fraction of sp³-hybridized carbons (Fsp3) is 0.923. The highest BCUT2D eigenvalue weighted by atomic mass is 16.5. The van der Waals surface area contributed by atoms with Gasteiger partial charge in [0.2, 0.25) is 5.91 Å². The Kier molecular flexibility index (Phi) is 4.80. The zero-order valence-electron chi connectivity index (χ0n) is 10.8. The molecule has 2 atom stereocenters. The van der Waals surface area contributed by atoms with Crippen LogP contribution in [-0.4, -0.2) is 49.7 Å². The molecule has 0 spiro atoms. The summed E-state index contributed by atoms with van der Waals surface area (Å²) in [5.74, 6) is 0.749. The van der Waals surface area contributed by atoms with Crippen LogP contribution in [0, 0.1) is 5.92 Å². The van der Waals surface area contributed by atoms with E-state index in [0.29, 0.717) is 37.5 Å². The van der Waals surface area contributed by atoms with Gasteiger partial charge in [0.15, 0.2) is 0 Å². The molecule has 4 heteroatoms. The summed E-state index contributed by atoms with van der Waals surface area (Å²) in [6.07, 6.45) is 4.48. The SMILES string of the molecule is C[C@@H](CC(=O)N1CCOCC1)[C@H]1CCCCN1. The van der Waals surface area contributed by atoms with Crippen LogP contribution in [0.4, 0.5) is 0 Å². The number of nitrogens with zero attached hydrogens (tertiary/aromatic N) is 1. The molecule has 0 saturated carbocycles. The van der Waals surface area contributed by atoms with Crippen molar-refractivity contribution < 1.29 is 9.53 Å². The van der Waals surface area contributed by atoms with Crippen molar-refractivity contribution >= 4 is 5.91 Å². The molecular weight excluding hydrogens is 216 g/mol. The molecule has 17 heavy (non-hydrogen) atoms. The van der Waals surface area contributed by atoms with Gasteiger partial charge in [-0.25, -0.2) is 0 Å². The van der Waals surface area contributed by atoms with Gasteiger partial charge < -0.3 is 15.0 Å². The van der Waals surface area contributed by atoms with E-state index >= 15 is 0 Å². The van der Waals surface area contributed by atoms with Gasteiger partial charge in [-0.3, -0.25) is 4.79 Å². The molecule has 2 heterocycles. The summed E-state index contributed by atoms with van der Waals surface area (Å²) < 4.78 is 5.26. The molecule has 0 aromatic rings. The molecule has 2 aliphatic rings. The smallest absolute Gasteiger partial charge is 0.223 e. The van der Waals surface area contributed by atoms with Crippen molar-refractivity contribution in [2.45, 2.75) is 38.6 Å². The summed E-state index contributed by atoms with van der Waals surface area (Å²) >= 11 is 0. The van der Waals surface area contributed by atoms with Crippen LogP contribution in [0.15, 0.2) is 0 Å². The molecule has 1 N–H and O–H groups in total. The first-order valence-electron chi connectivity index (χ1n) is 6.86. The molecule has 0 aromatic carbocycles. The van der Waals surface area contributed by atoms with E-state index in [-0.39, 0.29) is 0 Å². The van der Waals surface area contributed by atoms with Crippen LogP contribution in [-0.2, 0) is 9.53 Å². The van der Waals surface area contributed by atoms with E-state index in [1.165, 1.54) is 19.3 Å². The number of nitrogens with one attached hydrogen (secondary N) is 1. The third-order valence-corrected chi connectivity index (χ3v) is 3.90. The second-order valence-electron chi connectivity index (χ2n) is 5.23. The molecule has 0 unspecified atom stereocenters. The predicted molar refractivity (Wildman–Crippen MR) is 66.8 cm³/mol. The summed E-state index contributed by atoms with van der Waals surface area (Å²) in [6.45, 7) is 6.24. The Morgan fingerprint density at radius 1 is 1.41 bits per heavy atom. The first kappa shape index (κ1) is 12.8. The molecule has 0 bridgehead atoms. The largest absolute Gasteiger partial charge is 0.378 e. The maximum Gasteiger partial charge on any atom is 0.223 e. The Morgan fingerprint density at radius 3 is 2.82 bits per heavy atom. The van der Waals surface area contributed by atoms with E-state index in [0.717, 1.165) is 19.6 Å². The standard InChI is InChI=1S/C13H24N2O2/c1-11(12-4-2-3-5-14-12)10-13(16)15-6-8-17-9-7-15/h11-12,14H,2-10H2,1H3/t11-,12+/m0/s1. The summed E-state index contributed by atoms with van der Waals surface area (Å²) in [4.78, 5) is 14.0. The Bertz CT molecular complexity index is 246. The van der Waals surface area contributed by atoms with E-state index in [9.17, 15) is 4.79 Å². The molecule has 98 valence electrons. The molecule has 2 saturated heterocycles. The van der Waals surface area contributed by atoms with Gasteiger partial charge in [0.05, 0.1) is 13.2 Å². The van der Waals surface area contributed by atoms with Crippen LogP contribution in [0.2, 0.25) is 0 Å². The number of carbonyl (C=O) groups excluding carboxylic acids is 1. The zero-order valence-corrected chi connectivity index (χ0v) is 10.8. The number of rotatable bonds is 3. The van der Waals surface area contributed by atoms with Gasteiger partial charge in [-0.05, 0) is 25.3 Å². The van der Waals surface area contributed by atoms with Gasteiger partial charge in [0.25, 0.3) is 0 Å². The Labute approximate surface area is 104 Å². The van der Waals surface area contributed by atoms with E-state index < -0.39 is 0 Å². The van der Waals surface area contributed by atoms with Gasteiger partial charge in [0.1, 0.15) is 0 Å². The second-order valence-corrected chi connectivity index (χ2v) is 5.23. The minimum Gasteiger partial charge on any atom is -0.378 e. The van der Waals surface area contributed by atoms with E-state index in [2.05, 4.69) is 12.2 Å². The molecule has 4 nitrogen and oxygen atoms in total. The maximum atomic E-state index is 12.1. The molecule has 2 fully saturated rings. The minimum atomic E-state index is 0.299. The van der Waals surface area contributed by atoms with Crippen molar-refractivity contribution in [1.29, 1.82) is 0 Å². The molecule has 0 aliphatic carbocycles. The monoisotopic (exact) mass is 240 g/mol. The first-order valence-corrected chi connectivity index (χ1v) is 6.86. The second kappa shape index (κ2) is 6.36. The summed E-state index contributed by atoms with van der Waals surface area (Å²) in [5, 5.41) is 3.53. The molecule has 0 aromatic heterocycles. The quantitative estimate of drug-likeness (QED) is 0.800. The lowest BCUT2D eigenvalue weighted by Crippen LogP contribution is -2.44. The number of morpholine rings is 1. The van der Waals surface area contributed by atoms with E-state index in [4.69, 9.17) is 4.74 Å². The average molecular weight is 240 g/mol. The van der Waals surface area contributed by atoms with Gasteiger partial charge >= 0.3 is 0 Å². The molecular formula is C13H24N2O2. The van der Waals surface area contributed by atoms with Crippen LogP contribution in [0.5, 0.6) is 0 Å². The average Bonchev–Trinajstić information content (AvgIpc) is 2.40. The van der Waals surface area contributed by atoms with Gasteiger partial charge in [-0.15, -0.1) is 0 Å². The van der Waals surface area contributed by atoms with Crippen molar-refractivity contribution in [2.75, 3.05) is 32.8 Å². The molecule has 1 amide bonds. The van der Waals surface area contributed by atoms with Crippen molar-refractivity contribution in [1.82, 2.24) is 10.2 Å². The Hall–Kier alpha value is -0.610. The lowest BCUT2D eigenvalue weighted by atomic mass is 9.91. The molecule has 2 aliphatic heterocycles. The van der Waals surface area contributed by atoms with Crippen LogP contribution in [0.1, 0.15) is 32.6 Å². The normalized spacial score (nSPS) is 27.8. The summed E-state index contributed by atoms with van der Waals surface area (Å²) in [6, 6.07) is 0.536. The first-order chi connectivity index (χ1) is 8.27. The van der Waals surface area contributed by atoms with Gasteiger partial charge in [-0.2, -0.15) is 0 Å². The van der Waals surface area contributed by atoms with Crippen molar-refractivity contribution in [3.8, 4) is 0 Å². The summed E-state index contributed by atoms with van der Waals surface area (Å²) in [7, 11) is 0. The Morgan fingerprint density at radius 2 is 2.18 bits per heavy atom. The number of piperidine rings is 1. The van der Waals surface area contributed by atoms with Crippen LogP contribution >= 0.6 is 0 Å². The van der Waals surface area contributed by atoms with Gasteiger partial charge in [-0.1, -0.05) is 13.3 Å². The highest BCUT2D eigenvalue weighted by Crippen LogP contribution is 2.19. The van der Waals surface area contributed by atoms with Crippen LogP contribution in [0.3, 0.4) is 0 Å². The molecule has 2 rings (SSSR count). The minimum absolute atomic E-state index is 0.299. The number of amides is 1. The van der Waals surface area contributed by atoms with E-state index in [1.807, 2.05) is 4.90 Å². The van der Waals surface area contributed by atoms with E-state index in [1.54, 1.807) is 0 Å². The highest BCUT2D eigenvalue weighted by molar-refractivity contribution is 5.76. The zero-order chi connectivity index (χ0) is 12.1. The number of ether oxygens (including phenoxy) is 1. The van der Waals surface area contributed by atoms with Crippen molar-refractivity contribution in [2.24, 2.45) is 5.92 Å². The Balaban J connectivity index is 1.76. The fourth-order valence-corrected chi connectivity index (χ4v) is 2.72. The predicted octanol–water partition coefficient (Wildman–Crippen LogP) is 1.01. The third kappa shape index (κ3) is 3.68. The summed E-state index contributed by atoms with van der Waals surface area (Å²) in [5.41, 5.74) is 0. The number of hydrogen-bond acceptors (Lipinski definition) is 3. The maximum absolute atomic E-state index is 12.1. The topological polar surface area (TPSA) is 41.6 Å².